The first-order chi connectivity index (χ1) is 21.7. The first-order valence-corrected chi connectivity index (χ1v) is 13.2. The van der Waals surface area contributed by atoms with Gasteiger partial charge in [-0.05, 0) is 87.8 Å². The van der Waals surface area contributed by atoms with E-state index in [-0.39, 0.29) is 25.1 Å². The number of amides is 1. The van der Waals surface area contributed by atoms with E-state index in [0.29, 0.717) is 34.9 Å². The fourth-order valence-corrected chi connectivity index (χ4v) is 4.28. The van der Waals surface area contributed by atoms with E-state index < -0.39 is 14.0 Å². The largest absolute Gasteiger partial charge is 0.492 e. The second kappa shape index (κ2) is 13.4. The van der Waals surface area contributed by atoms with Gasteiger partial charge in [-0.15, -0.1) is 0 Å². The number of rotatable bonds is 13. The third kappa shape index (κ3) is 7.37. The van der Waals surface area contributed by atoms with Gasteiger partial charge in [0.2, 0.25) is 0 Å². The number of carbonyl (C=O) groups is 1. The van der Waals surface area contributed by atoms with Crippen LogP contribution in [0.5, 0.6) is 5.75 Å². The van der Waals surface area contributed by atoms with Crippen molar-refractivity contribution >= 4 is 5.91 Å². The Balaban J connectivity index is 1.55. The van der Waals surface area contributed by atoms with Crippen molar-refractivity contribution < 1.29 is 22.5 Å². The molecule has 9 nitrogen and oxygen atoms in total. The summed E-state index contributed by atoms with van der Waals surface area (Å²) in [7, 11) is 1.65. The van der Waals surface area contributed by atoms with E-state index in [2.05, 4.69) is 21.6 Å². The lowest BCUT2D eigenvalue weighted by molar-refractivity contribution is 0.0938. The first kappa shape index (κ1) is 21.8. The Morgan fingerprint density at radius 3 is 2.67 bits per heavy atom. The molecule has 0 bridgehead atoms. The molecule has 212 valence electrons. The predicted molar refractivity (Wildman–Crippen MR) is 158 cm³/mol. The van der Waals surface area contributed by atoms with Crippen molar-refractivity contribution in [1.82, 2.24) is 29.8 Å². The van der Waals surface area contributed by atoms with Crippen molar-refractivity contribution in [3.63, 3.8) is 0 Å². The molecule has 0 radical (unpaired) electrons. The zero-order valence-corrected chi connectivity index (χ0v) is 23.3. The van der Waals surface area contributed by atoms with Gasteiger partial charge in [-0.2, -0.15) is 10.2 Å². The molecular formula is C31H40N6O3. The number of benzene rings is 2. The average molecular weight is 551 g/mol. The van der Waals surface area contributed by atoms with Crippen LogP contribution in [0.15, 0.2) is 61.1 Å². The van der Waals surface area contributed by atoms with Gasteiger partial charge in [0.1, 0.15) is 12.4 Å². The molecule has 0 saturated heterocycles. The minimum absolute atomic E-state index is 0.192. The van der Waals surface area contributed by atoms with Crippen molar-refractivity contribution in [3.05, 3.63) is 77.7 Å². The molecule has 0 aliphatic heterocycles. The molecule has 2 aromatic heterocycles. The molecular weight excluding hydrogens is 504 g/mol. The fraction of sp³-hybridized carbons (Fsp3) is 0.387. The third-order valence-corrected chi connectivity index (χ3v) is 6.59. The van der Waals surface area contributed by atoms with Gasteiger partial charge >= 0.3 is 0 Å². The zero-order valence-electron chi connectivity index (χ0n) is 29.3. The number of ether oxygens (including phenoxy) is 2. The molecule has 0 unspecified atom stereocenters. The second-order valence-electron chi connectivity index (χ2n) is 9.56. The number of hydrogen-bond acceptors (Lipinski definition) is 6. The van der Waals surface area contributed by atoms with Crippen molar-refractivity contribution in [3.8, 4) is 28.1 Å². The molecule has 4 rings (SSSR count). The van der Waals surface area contributed by atoms with Crippen LogP contribution in [0.3, 0.4) is 0 Å². The van der Waals surface area contributed by atoms with Gasteiger partial charge in [0.05, 0.1) is 31.1 Å². The Kier molecular flexibility index (Phi) is 7.32. The summed E-state index contributed by atoms with van der Waals surface area (Å²) in [5.74, 6) is -0.00243. The first-order valence-electron chi connectivity index (χ1n) is 16.2. The third-order valence-electron chi connectivity index (χ3n) is 6.59. The smallest absolute Gasteiger partial charge is 0.252 e. The molecule has 1 atom stereocenters. The fourth-order valence-electron chi connectivity index (χ4n) is 4.28. The molecule has 0 saturated carbocycles. The summed E-state index contributed by atoms with van der Waals surface area (Å²) in [5.41, 5.74) is 5.53. The highest BCUT2D eigenvalue weighted by Crippen LogP contribution is 2.30. The van der Waals surface area contributed by atoms with E-state index in [1.54, 1.807) is 38.4 Å². The molecule has 0 aliphatic rings. The number of hydrogen-bond donors (Lipinski definition) is 1. The normalized spacial score (nSPS) is 14.9. The highest BCUT2D eigenvalue weighted by molar-refractivity contribution is 5.96. The van der Waals surface area contributed by atoms with Crippen LogP contribution in [-0.4, -0.2) is 71.2 Å². The Morgan fingerprint density at radius 2 is 1.93 bits per heavy atom. The van der Waals surface area contributed by atoms with Gasteiger partial charge in [0.25, 0.3) is 5.91 Å². The SMILES string of the molecule is [2H]C([2H])([2H])N(CCOc1ccc(C)c(C(=O)N[C@H](C)c2cc(-c3cnn(CCOC)c3)cc(-c3ccn(CC)n3)c2)c1)C([2H])([2H])[2H]. The maximum absolute atomic E-state index is 13.5. The topological polar surface area (TPSA) is 86.4 Å². The van der Waals surface area contributed by atoms with Crippen LogP contribution < -0.4 is 10.1 Å². The van der Waals surface area contributed by atoms with Crippen molar-refractivity contribution in [1.29, 1.82) is 0 Å². The summed E-state index contributed by atoms with van der Waals surface area (Å²) in [6.07, 6.45) is 5.69. The van der Waals surface area contributed by atoms with E-state index in [9.17, 15) is 4.79 Å². The molecule has 40 heavy (non-hydrogen) atoms. The van der Waals surface area contributed by atoms with Crippen LogP contribution in [0.25, 0.3) is 22.4 Å². The number of methoxy groups -OCH3 is 1. The summed E-state index contributed by atoms with van der Waals surface area (Å²) in [6.45, 7) is 1.48. The van der Waals surface area contributed by atoms with E-state index >= 15 is 0 Å². The summed E-state index contributed by atoms with van der Waals surface area (Å²) < 4.78 is 59.7. The number of likely N-dealkylation sites (N-methyl/N-ethyl adjacent to an activating group) is 1. The lowest BCUT2D eigenvalue weighted by atomic mass is 9.96. The standard InChI is InChI=1S/C31H40N6O3/c1-7-36-11-10-30(34-36)26-17-24(16-25(18-26)27-20-32-37(21-27)13-14-39-6)23(3)33-31(38)29-19-28(9-8-22(29)2)40-15-12-35(4)5/h8-11,16-21,23H,7,12-15H2,1-6H3,(H,33,38)/t23-/m1/s1/i4D3,5D3. The lowest BCUT2D eigenvalue weighted by Crippen LogP contribution is -2.27. The van der Waals surface area contributed by atoms with Crippen LogP contribution in [0.4, 0.5) is 0 Å². The number of nitrogens with one attached hydrogen (secondary N) is 1. The van der Waals surface area contributed by atoms with E-state index in [4.69, 9.17) is 17.7 Å². The molecule has 4 aromatic rings. The molecule has 9 heteroatoms. The zero-order chi connectivity index (χ0) is 33.6. The van der Waals surface area contributed by atoms with Crippen molar-refractivity contribution in [2.75, 3.05) is 40.8 Å². The van der Waals surface area contributed by atoms with Crippen LogP contribution >= 0.6 is 0 Å². The number of aryl methyl sites for hydroxylation is 2. The average Bonchev–Trinajstić information content (AvgIpc) is 3.67. The highest BCUT2D eigenvalue weighted by Gasteiger charge is 2.17. The van der Waals surface area contributed by atoms with Crippen LogP contribution in [0.2, 0.25) is 0 Å². The second-order valence-corrected chi connectivity index (χ2v) is 9.56. The quantitative estimate of drug-likeness (QED) is 0.257. The molecule has 0 fully saturated rings. The van der Waals surface area contributed by atoms with Crippen molar-refractivity contribution in [2.24, 2.45) is 0 Å². The highest BCUT2D eigenvalue weighted by atomic mass is 16.5. The maximum Gasteiger partial charge on any atom is 0.252 e. The van der Waals surface area contributed by atoms with Gasteiger partial charge < -0.3 is 19.7 Å². The van der Waals surface area contributed by atoms with Crippen LogP contribution in [0.1, 0.15) is 49.6 Å². The molecule has 1 N–H and O–H groups in total. The predicted octanol–water partition coefficient (Wildman–Crippen LogP) is 4.82. The summed E-state index contributed by atoms with van der Waals surface area (Å²) in [6, 6.07) is 12.6. The van der Waals surface area contributed by atoms with Crippen molar-refractivity contribution in [2.45, 2.75) is 39.9 Å². The van der Waals surface area contributed by atoms with Gasteiger partial charge in [0, 0.05) is 57.5 Å². The molecule has 2 aromatic carbocycles. The van der Waals surface area contributed by atoms with E-state index in [1.807, 2.05) is 53.8 Å². The number of carbonyl (C=O) groups excluding carboxylic acids is 1. The monoisotopic (exact) mass is 550 g/mol. The maximum atomic E-state index is 13.5. The van der Waals surface area contributed by atoms with Crippen LogP contribution in [-0.2, 0) is 17.8 Å². The minimum Gasteiger partial charge on any atom is -0.492 e. The van der Waals surface area contributed by atoms with Gasteiger partial charge in [-0.25, -0.2) is 0 Å². The lowest BCUT2D eigenvalue weighted by Gasteiger charge is -2.18. The number of aromatic nitrogens is 4. The minimum atomic E-state index is -2.80. The van der Waals surface area contributed by atoms with E-state index in [1.165, 1.54) is 0 Å². The molecule has 1 amide bonds. The molecule has 2 heterocycles. The Bertz CT molecular complexity index is 1620. The molecule has 0 spiro atoms. The van der Waals surface area contributed by atoms with Gasteiger partial charge in [-0.1, -0.05) is 6.07 Å². The Labute approximate surface area is 245 Å². The summed E-state index contributed by atoms with van der Waals surface area (Å²) in [4.78, 5) is 14.0. The van der Waals surface area contributed by atoms with Crippen LogP contribution in [0, 0.1) is 6.92 Å². The van der Waals surface area contributed by atoms with Gasteiger partial charge in [-0.3, -0.25) is 14.2 Å². The van der Waals surface area contributed by atoms with E-state index in [0.717, 1.165) is 34.5 Å². The molecule has 0 aliphatic carbocycles. The Morgan fingerprint density at radius 1 is 1.10 bits per heavy atom. The summed E-state index contributed by atoms with van der Waals surface area (Å²) in [5, 5.41) is 12.2. The summed E-state index contributed by atoms with van der Waals surface area (Å²) >= 11 is 0. The Hall–Kier alpha value is -3.95. The van der Waals surface area contributed by atoms with Gasteiger partial charge in [0.15, 0.2) is 0 Å². The number of nitrogens with zero attached hydrogens (tertiary/aromatic N) is 5.